The molecule has 1 atom stereocenters. The fraction of sp³-hybridized carbons (Fsp3) is 0.0435. The van der Waals surface area contributed by atoms with E-state index in [0.29, 0.717) is 0 Å². The average Bonchev–Trinajstić information content (AvgIpc) is 3.58. The van der Waals surface area contributed by atoms with Gasteiger partial charge < -0.3 is 13.9 Å². The first-order chi connectivity index (χ1) is 24.6. The molecule has 7 aromatic carbocycles. The molecule has 1 aliphatic heterocycles. The molecule has 0 bridgehead atoms. The van der Waals surface area contributed by atoms with Crippen LogP contribution in [-0.4, -0.2) is 7.05 Å². The summed E-state index contributed by atoms with van der Waals surface area (Å²) in [6.45, 7) is 0. The molecule has 1 unspecified atom stereocenters. The zero-order valence-electron chi connectivity index (χ0n) is 27.6. The van der Waals surface area contributed by atoms with E-state index in [1.165, 1.54) is 16.7 Å². The molecule has 50 heavy (non-hydrogen) atoms. The van der Waals surface area contributed by atoms with Gasteiger partial charge in [0.15, 0.2) is 7.14 Å². The Morgan fingerprint density at radius 2 is 1.06 bits per heavy atom. The van der Waals surface area contributed by atoms with E-state index in [-0.39, 0.29) is 6.04 Å². The van der Waals surface area contributed by atoms with E-state index in [9.17, 15) is 0 Å². The molecule has 8 aromatic rings. The summed E-state index contributed by atoms with van der Waals surface area (Å²) in [5.74, 6) is 0.977. The molecule has 0 saturated carbocycles. The minimum Gasteiger partial charge on any atom is -0.458 e. The molecule has 4 heteroatoms. The van der Waals surface area contributed by atoms with Gasteiger partial charge in [-0.3, -0.25) is 0 Å². The first kappa shape index (κ1) is 30.2. The van der Waals surface area contributed by atoms with E-state index in [1.54, 1.807) is 0 Å². The van der Waals surface area contributed by atoms with Crippen LogP contribution in [0.4, 0.5) is 5.69 Å². The van der Waals surface area contributed by atoms with Crippen molar-refractivity contribution >= 4 is 39.7 Å². The Kier molecular flexibility index (Phi) is 7.38. The SMILES string of the molecule is CN1c2cc(-c3cccc(-c4cccc(P(=O)(c5ccccc5)c5ccccc5)c4)c3)ccc2-c2c(oc3ccccc23)C1c1ccccc1. The van der Waals surface area contributed by atoms with E-state index in [1.807, 2.05) is 78.9 Å². The summed E-state index contributed by atoms with van der Waals surface area (Å²) in [6.07, 6.45) is 0. The molecule has 0 aliphatic carbocycles. The predicted octanol–water partition coefficient (Wildman–Crippen LogP) is 10.6. The zero-order valence-corrected chi connectivity index (χ0v) is 28.5. The maximum absolute atomic E-state index is 15.1. The van der Waals surface area contributed by atoms with Crippen LogP contribution >= 0.6 is 7.14 Å². The molecule has 0 fully saturated rings. The fourth-order valence-electron chi connectivity index (χ4n) is 7.56. The van der Waals surface area contributed by atoms with Crippen molar-refractivity contribution in [2.24, 2.45) is 0 Å². The standard InChI is InChI=1S/C46H34NO2P/c1-47-42-31-36(27-28-40(42)44-41-25-11-12-26-43(41)49-46(44)45(47)32-15-5-2-6-16-32)34-18-13-17-33(29-34)35-19-14-24-39(30-35)50(48,37-20-7-3-8-21-37)38-22-9-4-10-23-38/h2-31,45H,1H3. The summed E-state index contributed by atoms with van der Waals surface area (Å²) < 4.78 is 21.7. The van der Waals surface area contributed by atoms with Gasteiger partial charge in [-0.15, -0.1) is 0 Å². The second-order valence-electron chi connectivity index (χ2n) is 12.9. The minimum absolute atomic E-state index is 0.0552. The highest BCUT2D eigenvalue weighted by Gasteiger charge is 2.35. The number of para-hydroxylation sites is 1. The van der Waals surface area contributed by atoms with Gasteiger partial charge in [-0.05, 0) is 52.1 Å². The van der Waals surface area contributed by atoms with Gasteiger partial charge in [-0.2, -0.15) is 0 Å². The maximum Gasteiger partial charge on any atom is 0.171 e. The first-order valence-corrected chi connectivity index (χ1v) is 18.7. The van der Waals surface area contributed by atoms with Crippen LogP contribution in [0.15, 0.2) is 186 Å². The third-order valence-corrected chi connectivity index (χ3v) is 13.1. The molecule has 0 amide bonds. The van der Waals surface area contributed by atoms with Crippen LogP contribution < -0.4 is 20.8 Å². The molecule has 3 nitrogen and oxygen atoms in total. The van der Waals surface area contributed by atoms with E-state index in [0.717, 1.165) is 60.6 Å². The third kappa shape index (κ3) is 4.93. The molecule has 2 heterocycles. The largest absolute Gasteiger partial charge is 0.458 e. The lowest BCUT2D eigenvalue weighted by Gasteiger charge is -2.35. The Bertz CT molecular complexity index is 2500. The molecule has 9 rings (SSSR count). The van der Waals surface area contributed by atoms with Crippen molar-refractivity contribution in [1.29, 1.82) is 0 Å². The summed E-state index contributed by atoms with van der Waals surface area (Å²) in [4.78, 5) is 2.34. The fourth-order valence-corrected chi connectivity index (χ4v) is 10.3. The van der Waals surface area contributed by atoms with Gasteiger partial charge in [-0.1, -0.05) is 158 Å². The Hall–Kier alpha value is -5.89. The van der Waals surface area contributed by atoms with Crippen LogP contribution in [0.25, 0.3) is 44.3 Å². The van der Waals surface area contributed by atoms with Gasteiger partial charge in [0.25, 0.3) is 0 Å². The van der Waals surface area contributed by atoms with Crippen molar-refractivity contribution in [3.8, 4) is 33.4 Å². The number of rotatable bonds is 6. The zero-order chi connectivity index (χ0) is 33.7. The Balaban J connectivity index is 1.14. The Morgan fingerprint density at radius 1 is 0.520 bits per heavy atom. The number of furan rings is 1. The monoisotopic (exact) mass is 663 g/mol. The number of hydrogen-bond donors (Lipinski definition) is 0. The van der Waals surface area contributed by atoms with Gasteiger partial charge in [0.2, 0.25) is 0 Å². The molecule has 0 saturated heterocycles. The number of fused-ring (bicyclic) bond motifs is 5. The summed E-state index contributed by atoms with van der Waals surface area (Å²) in [5.41, 5.74) is 9.96. The summed E-state index contributed by atoms with van der Waals surface area (Å²) in [5, 5.41) is 3.62. The molecule has 240 valence electrons. The number of anilines is 1. The van der Waals surface area contributed by atoms with E-state index in [4.69, 9.17) is 4.42 Å². The van der Waals surface area contributed by atoms with Crippen LogP contribution in [-0.2, 0) is 4.57 Å². The molecule has 0 N–H and O–H groups in total. The van der Waals surface area contributed by atoms with Crippen LogP contribution in [0, 0.1) is 0 Å². The van der Waals surface area contributed by atoms with Gasteiger partial charge in [0.1, 0.15) is 17.4 Å². The van der Waals surface area contributed by atoms with Gasteiger partial charge in [-0.25, -0.2) is 0 Å². The molecular weight excluding hydrogens is 629 g/mol. The lowest BCUT2D eigenvalue weighted by molar-refractivity contribution is 0.514. The van der Waals surface area contributed by atoms with Crippen molar-refractivity contribution < 1.29 is 8.98 Å². The number of benzene rings is 7. The number of nitrogens with zero attached hydrogens (tertiary/aromatic N) is 1. The van der Waals surface area contributed by atoms with Gasteiger partial charge in [0, 0.05) is 45.2 Å². The molecule has 0 spiro atoms. The second-order valence-corrected chi connectivity index (χ2v) is 15.7. The van der Waals surface area contributed by atoms with Crippen LogP contribution in [0.3, 0.4) is 0 Å². The normalized spacial score (nSPS) is 13.9. The van der Waals surface area contributed by atoms with E-state index in [2.05, 4.69) is 115 Å². The molecule has 1 aliphatic rings. The highest BCUT2D eigenvalue weighted by Crippen LogP contribution is 2.51. The lowest BCUT2D eigenvalue weighted by atomic mass is 9.87. The van der Waals surface area contributed by atoms with Crippen LogP contribution in [0.2, 0.25) is 0 Å². The van der Waals surface area contributed by atoms with E-state index >= 15 is 4.57 Å². The van der Waals surface area contributed by atoms with E-state index < -0.39 is 7.14 Å². The van der Waals surface area contributed by atoms with Crippen molar-refractivity contribution in [1.82, 2.24) is 0 Å². The van der Waals surface area contributed by atoms with Crippen LogP contribution in [0.1, 0.15) is 17.4 Å². The maximum atomic E-state index is 15.1. The third-order valence-electron chi connectivity index (χ3n) is 10.00. The predicted molar refractivity (Wildman–Crippen MR) is 209 cm³/mol. The Labute approximate surface area is 292 Å². The van der Waals surface area contributed by atoms with Crippen molar-refractivity contribution in [3.63, 3.8) is 0 Å². The topological polar surface area (TPSA) is 33.5 Å². The average molecular weight is 664 g/mol. The lowest BCUT2D eigenvalue weighted by Crippen LogP contribution is -2.28. The molecule has 1 aromatic heterocycles. The first-order valence-electron chi connectivity index (χ1n) is 17.0. The van der Waals surface area contributed by atoms with Crippen molar-refractivity contribution in [2.45, 2.75) is 6.04 Å². The van der Waals surface area contributed by atoms with Gasteiger partial charge >= 0.3 is 0 Å². The summed E-state index contributed by atoms with van der Waals surface area (Å²) in [6, 6.07) is 62.3. The molecular formula is C46H34NO2P. The minimum atomic E-state index is -3.10. The summed E-state index contributed by atoms with van der Waals surface area (Å²) in [7, 11) is -0.935. The smallest absolute Gasteiger partial charge is 0.171 e. The van der Waals surface area contributed by atoms with Crippen molar-refractivity contribution in [3.05, 3.63) is 193 Å². The van der Waals surface area contributed by atoms with Gasteiger partial charge in [0.05, 0.1) is 0 Å². The van der Waals surface area contributed by atoms with Crippen LogP contribution in [0.5, 0.6) is 0 Å². The Morgan fingerprint density at radius 3 is 1.74 bits per heavy atom. The second kappa shape index (κ2) is 12.2. The highest BCUT2D eigenvalue weighted by atomic mass is 31.2. The summed E-state index contributed by atoms with van der Waals surface area (Å²) >= 11 is 0. The quantitative estimate of drug-likeness (QED) is 0.166. The van der Waals surface area contributed by atoms with Crippen molar-refractivity contribution in [2.75, 3.05) is 11.9 Å². The molecule has 0 radical (unpaired) electrons. The number of hydrogen-bond acceptors (Lipinski definition) is 3. The highest BCUT2D eigenvalue weighted by molar-refractivity contribution is 7.85.